The third-order valence-corrected chi connectivity index (χ3v) is 2.38. The Morgan fingerprint density at radius 2 is 1.82 bits per heavy atom. The van der Waals surface area contributed by atoms with Crippen molar-refractivity contribution >= 4 is 11.3 Å². The van der Waals surface area contributed by atoms with Crippen LogP contribution >= 0.6 is 11.3 Å². The van der Waals surface area contributed by atoms with E-state index in [1.54, 1.807) is 11.3 Å². The molecule has 2 aromatic rings. The van der Waals surface area contributed by atoms with Crippen molar-refractivity contribution in [1.29, 1.82) is 0 Å². The van der Waals surface area contributed by atoms with E-state index in [1.165, 1.54) is 10.4 Å². The highest BCUT2D eigenvalue weighted by molar-refractivity contribution is 7.13. The number of hydrogen-bond acceptors (Lipinski definition) is 1. The molecule has 1 heteroatoms. The van der Waals surface area contributed by atoms with Gasteiger partial charge in [-0.3, -0.25) is 0 Å². The van der Waals surface area contributed by atoms with Gasteiger partial charge in [0.1, 0.15) is 0 Å². The van der Waals surface area contributed by atoms with Crippen molar-refractivity contribution in [2.75, 3.05) is 0 Å². The molecule has 53 valence electrons. The van der Waals surface area contributed by atoms with Crippen LogP contribution in [0.2, 0.25) is 0 Å². The first kappa shape index (κ1) is 6.62. The van der Waals surface area contributed by atoms with Crippen LogP contribution in [0.4, 0.5) is 0 Å². The summed E-state index contributed by atoms with van der Waals surface area (Å²) < 4.78 is 0. The van der Waals surface area contributed by atoms with Crippen LogP contribution in [-0.4, -0.2) is 0 Å². The van der Waals surface area contributed by atoms with Crippen molar-refractivity contribution in [3.8, 4) is 10.4 Å². The molecule has 1 aromatic heterocycles. The first-order valence-electron chi connectivity index (χ1n) is 3.48. The van der Waals surface area contributed by atoms with Crippen LogP contribution in [-0.2, 0) is 0 Å². The van der Waals surface area contributed by atoms with E-state index in [0.717, 1.165) is 0 Å². The summed E-state index contributed by atoms with van der Waals surface area (Å²) in [5.74, 6) is 0. The Hall–Kier alpha value is -1.08. The zero-order valence-corrected chi connectivity index (χ0v) is 6.77. The predicted octanol–water partition coefficient (Wildman–Crippen LogP) is 3.22. The molecule has 0 saturated heterocycles. The van der Waals surface area contributed by atoms with Crippen LogP contribution in [0.15, 0.2) is 42.5 Å². The van der Waals surface area contributed by atoms with Gasteiger partial charge in [-0.2, -0.15) is 0 Å². The van der Waals surface area contributed by atoms with Gasteiger partial charge in [-0.15, -0.1) is 11.3 Å². The molecule has 0 amide bonds. The molecule has 0 bridgehead atoms. The minimum atomic E-state index is 1.28. The molecule has 0 nitrogen and oxygen atoms in total. The fourth-order valence-electron chi connectivity index (χ4n) is 0.999. The smallest absolute Gasteiger partial charge is 0.0449 e. The lowest BCUT2D eigenvalue weighted by molar-refractivity contribution is 1.70. The molecule has 0 saturated carbocycles. The Kier molecular flexibility index (Phi) is 1.74. The normalized spacial score (nSPS) is 9.82. The van der Waals surface area contributed by atoms with Crippen LogP contribution in [0.25, 0.3) is 10.4 Å². The topological polar surface area (TPSA) is 0 Å². The monoisotopic (exact) mass is 159 g/mol. The van der Waals surface area contributed by atoms with Gasteiger partial charge in [-0.05, 0) is 17.7 Å². The largest absolute Gasteiger partial charge is 0.134 e. The number of thiophene rings is 1. The van der Waals surface area contributed by atoms with Gasteiger partial charge in [0.25, 0.3) is 0 Å². The molecule has 1 radical (unpaired) electrons. The van der Waals surface area contributed by atoms with Crippen LogP contribution < -0.4 is 0 Å². The molecule has 1 heterocycles. The highest BCUT2D eigenvalue weighted by Gasteiger charge is 1.94. The molecule has 0 fully saturated rings. The summed E-state index contributed by atoms with van der Waals surface area (Å²) in [4.78, 5) is 1.28. The summed E-state index contributed by atoms with van der Waals surface area (Å²) in [5, 5.41) is 3.07. The second-order valence-corrected chi connectivity index (χ2v) is 3.16. The van der Waals surface area contributed by atoms with Gasteiger partial charge in [0.2, 0.25) is 0 Å². The van der Waals surface area contributed by atoms with Gasteiger partial charge < -0.3 is 0 Å². The highest BCUT2D eigenvalue weighted by atomic mass is 32.1. The maximum atomic E-state index is 3.07. The number of hydrogen-bond donors (Lipinski definition) is 0. The van der Waals surface area contributed by atoms with Crippen LogP contribution in [0.1, 0.15) is 0 Å². The SMILES string of the molecule is [c]1ccc(-c2ccccc2)s1. The van der Waals surface area contributed by atoms with E-state index in [1.807, 2.05) is 12.1 Å². The third-order valence-electron chi connectivity index (χ3n) is 1.53. The average Bonchev–Trinajstić information content (AvgIpc) is 2.58. The van der Waals surface area contributed by atoms with E-state index in [9.17, 15) is 0 Å². The van der Waals surface area contributed by atoms with Gasteiger partial charge in [0.15, 0.2) is 0 Å². The van der Waals surface area contributed by atoms with Gasteiger partial charge >= 0.3 is 0 Å². The quantitative estimate of drug-likeness (QED) is 0.599. The molecule has 0 spiro atoms. The zero-order valence-electron chi connectivity index (χ0n) is 5.95. The van der Waals surface area contributed by atoms with E-state index in [2.05, 4.69) is 35.7 Å². The summed E-state index contributed by atoms with van der Waals surface area (Å²) >= 11 is 1.65. The summed E-state index contributed by atoms with van der Waals surface area (Å²) in [7, 11) is 0. The fraction of sp³-hybridized carbons (Fsp3) is 0. The molecule has 0 N–H and O–H groups in total. The number of benzene rings is 1. The number of rotatable bonds is 1. The lowest BCUT2D eigenvalue weighted by Gasteiger charge is -1.93. The Bertz CT molecular complexity index is 308. The molecular formula is C10H7S. The van der Waals surface area contributed by atoms with Crippen LogP contribution in [0.5, 0.6) is 0 Å². The molecule has 0 atom stereocenters. The Morgan fingerprint density at radius 3 is 2.45 bits per heavy atom. The second-order valence-electron chi connectivity index (χ2n) is 2.28. The molecule has 0 unspecified atom stereocenters. The van der Waals surface area contributed by atoms with Crippen molar-refractivity contribution < 1.29 is 0 Å². The lowest BCUT2D eigenvalue weighted by Crippen LogP contribution is -1.67. The van der Waals surface area contributed by atoms with E-state index in [0.29, 0.717) is 0 Å². The van der Waals surface area contributed by atoms with E-state index in [4.69, 9.17) is 0 Å². The molecule has 0 aliphatic carbocycles. The van der Waals surface area contributed by atoms with Gasteiger partial charge in [-0.1, -0.05) is 30.3 Å². The minimum absolute atomic E-state index is 1.28. The third kappa shape index (κ3) is 1.33. The van der Waals surface area contributed by atoms with Gasteiger partial charge in [0.05, 0.1) is 0 Å². The molecular weight excluding hydrogens is 152 g/mol. The molecule has 11 heavy (non-hydrogen) atoms. The standard InChI is InChI=1S/C10H7S/c1-2-5-9(6-3-1)10-7-4-8-11-10/h1-7H. The fourth-order valence-corrected chi connectivity index (χ4v) is 1.65. The van der Waals surface area contributed by atoms with Crippen molar-refractivity contribution in [2.45, 2.75) is 0 Å². The van der Waals surface area contributed by atoms with Crippen molar-refractivity contribution in [3.63, 3.8) is 0 Å². The molecule has 0 aliphatic heterocycles. The Balaban J connectivity index is 2.46. The summed E-state index contributed by atoms with van der Waals surface area (Å²) in [6.45, 7) is 0. The minimum Gasteiger partial charge on any atom is -0.134 e. The van der Waals surface area contributed by atoms with Gasteiger partial charge in [0, 0.05) is 10.3 Å². The summed E-state index contributed by atoms with van der Waals surface area (Å²) in [6.07, 6.45) is 0. The zero-order chi connectivity index (χ0) is 7.52. The van der Waals surface area contributed by atoms with Crippen molar-refractivity contribution in [2.24, 2.45) is 0 Å². The van der Waals surface area contributed by atoms with E-state index >= 15 is 0 Å². The summed E-state index contributed by atoms with van der Waals surface area (Å²) in [6, 6.07) is 14.4. The summed E-state index contributed by atoms with van der Waals surface area (Å²) in [5.41, 5.74) is 1.28. The maximum Gasteiger partial charge on any atom is 0.0449 e. The molecule has 2 rings (SSSR count). The van der Waals surface area contributed by atoms with Crippen LogP contribution in [0.3, 0.4) is 0 Å². The molecule has 0 aliphatic rings. The average molecular weight is 159 g/mol. The van der Waals surface area contributed by atoms with Crippen LogP contribution in [0, 0.1) is 5.38 Å². The molecule has 1 aromatic carbocycles. The lowest BCUT2D eigenvalue weighted by atomic mass is 10.2. The maximum absolute atomic E-state index is 3.07. The van der Waals surface area contributed by atoms with Gasteiger partial charge in [-0.25, -0.2) is 0 Å². The first-order chi connectivity index (χ1) is 5.47. The predicted molar refractivity (Wildman–Crippen MR) is 48.6 cm³/mol. The second kappa shape index (κ2) is 2.89. The van der Waals surface area contributed by atoms with E-state index < -0.39 is 0 Å². The Morgan fingerprint density at radius 1 is 1.00 bits per heavy atom. The van der Waals surface area contributed by atoms with Crippen molar-refractivity contribution in [3.05, 3.63) is 47.8 Å². The highest BCUT2D eigenvalue weighted by Crippen LogP contribution is 2.22. The van der Waals surface area contributed by atoms with E-state index in [-0.39, 0.29) is 0 Å². The Labute approximate surface area is 70.1 Å². The first-order valence-corrected chi connectivity index (χ1v) is 4.30. The van der Waals surface area contributed by atoms with Crippen molar-refractivity contribution in [1.82, 2.24) is 0 Å².